The molecule has 0 aromatic carbocycles. The van der Waals surface area contributed by atoms with Crippen LogP contribution in [0.5, 0.6) is 0 Å². The van der Waals surface area contributed by atoms with Gasteiger partial charge in [-0.1, -0.05) is 32.3 Å². The van der Waals surface area contributed by atoms with E-state index in [-0.39, 0.29) is 5.91 Å². The lowest BCUT2D eigenvalue weighted by atomic mass is 10.2. The van der Waals surface area contributed by atoms with Crippen molar-refractivity contribution in [3.63, 3.8) is 0 Å². The monoisotopic (exact) mass is 392 g/mol. The van der Waals surface area contributed by atoms with Gasteiger partial charge in [0, 0.05) is 37.9 Å². The van der Waals surface area contributed by atoms with Crippen LogP contribution in [0.15, 0.2) is 30.6 Å². The molecule has 3 aromatic rings. The summed E-state index contributed by atoms with van der Waals surface area (Å²) < 4.78 is 2.12. The van der Waals surface area contributed by atoms with Crippen molar-refractivity contribution < 1.29 is 4.79 Å². The van der Waals surface area contributed by atoms with Crippen molar-refractivity contribution in [1.29, 1.82) is 0 Å². The van der Waals surface area contributed by atoms with E-state index in [1.165, 1.54) is 18.4 Å². The summed E-state index contributed by atoms with van der Waals surface area (Å²) in [4.78, 5) is 28.1. The number of anilines is 2. The smallest absolute Gasteiger partial charge is 0.270 e. The van der Waals surface area contributed by atoms with Gasteiger partial charge in [-0.25, -0.2) is 9.97 Å². The highest BCUT2D eigenvalue weighted by Crippen LogP contribution is 2.34. The maximum absolute atomic E-state index is 12.8. The van der Waals surface area contributed by atoms with Crippen LogP contribution in [0, 0.1) is 0 Å². The molecule has 1 saturated carbocycles. The number of rotatable bonds is 6. The molecular weight excluding hydrogens is 364 g/mol. The number of amides is 1. The maximum atomic E-state index is 12.8. The van der Waals surface area contributed by atoms with E-state index >= 15 is 0 Å². The lowest BCUT2D eigenvalue weighted by molar-refractivity contribution is 0.0815. The Kier molecular flexibility index (Phi) is 5.47. The van der Waals surface area contributed by atoms with E-state index in [2.05, 4.69) is 32.8 Å². The molecule has 0 atom stereocenters. The standard InChI is InChI=1S/C22H28N6O/c1-4-7-15-10-11-19(23-13-15)25-22-24-14-16-12-18(21(29)27(2)3)28(20(16)26-22)17-8-5-6-9-17/h10-14,17H,4-9H2,1-3H3,(H,23,24,25,26). The van der Waals surface area contributed by atoms with Crippen LogP contribution in [0.25, 0.3) is 11.0 Å². The Hall–Kier alpha value is -2.96. The van der Waals surface area contributed by atoms with Crippen molar-refractivity contribution in [2.75, 3.05) is 19.4 Å². The minimum absolute atomic E-state index is 0.00223. The van der Waals surface area contributed by atoms with E-state index in [1.54, 1.807) is 25.2 Å². The van der Waals surface area contributed by atoms with Gasteiger partial charge < -0.3 is 14.8 Å². The van der Waals surface area contributed by atoms with E-state index in [0.29, 0.717) is 23.5 Å². The third-order valence-electron chi connectivity index (χ3n) is 5.49. The first kappa shape index (κ1) is 19.4. The summed E-state index contributed by atoms with van der Waals surface area (Å²) in [6.07, 6.45) is 10.3. The Labute approximate surface area is 171 Å². The Morgan fingerprint density at radius 2 is 2.00 bits per heavy atom. The van der Waals surface area contributed by atoms with Crippen LogP contribution in [0.4, 0.5) is 11.8 Å². The molecule has 1 fully saturated rings. The van der Waals surface area contributed by atoms with Crippen LogP contribution in [-0.4, -0.2) is 44.4 Å². The molecule has 0 unspecified atom stereocenters. The highest BCUT2D eigenvalue weighted by atomic mass is 16.2. The largest absolute Gasteiger partial charge is 0.343 e. The van der Waals surface area contributed by atoms with Gasteiger partial charge in [0.25, 0.3) is 5.91 Å². The van der Waals surface area contributed by atoms with E-state index in [9.17, 15) is 4.79 Å². The van der Waals surface area contributed by atoms with Gasteiger partial charge >= 0.3 is 0 Å². The van der Waals surface area contributed by atoms with Gasteiger partial charge in [-0.15, -0.1) is 0 Å². The number of pyridine rings is 1. The fraction of sp³-hybridized carbons (Fsp3) is 0.455. The van der Waals surface area contributed by atoms with Gasteiger partial charge in [-0.3, -0.25) is 4.79 Å². The number of fused-ring (bicyclic) bond motifs is 1. The van der Waals surface area contributed by atoms with Crippen molar-refractivity contribution in [3.8, 4) is 0 Å². The number of nitrogens with zero attached hydrogens (tertiary/aromatic N) is 5. The number of aryl methyl sites for hydroxylation is 1. The summed E-state index contributed by atoms with van der Waals surface area (Å²) in [6, 6.07) is 6.25. The Balaban J connectivity index is 1.70. The summed E-state index contributed by atoms with van der Waals surface area (Å²) >= 11 is 0. The second-order valence-electron chi connectivity index (χ2n) is 7.94. The van der Waals surface area contributed by atoms with Gasteiger partial charge in [-0.2, -0.15) is 4.98 Å². The van der Waals surface area contributed by atoms with Crippen LogP contribution >= 0.6 is 0 Å². The van der Waals surface area contributed by atoms with E-state index < -0.39 is 0 Å². The number of nitrogens with one attached hydrogen (secondary N) is 1. The predicted molar refractivity (Wildman–Crippen MR) is 115 cm³/mol. The number of carbonyl (C=O) groups is 1. The average Bonchev–Trinajstić information content (AvgIpc) is 3.36. The fourth-order valence-corrected chi connectivity index (χ4v) is 4.04. The molecular formula is C22H28N6O. The molecule has 7 nitrogen and oxygen atoms in total. The second kappa shape index (κ2) is 8.19. The zero-order valence-corrected chi connectivity index (χ0v) is 17.4. The normalized spacial score (nSPS) is 14.4. The zero-order valence-electron chi connectivity index (χ0n) is 17.4. The van der Waals surface area contributed by atoms with Gasteiger partial charge in [0.15, 0.2) is 0 Å². The molecule has 0 spiro atoms. The fourth-order valence-electron chi connectivity index (χ4n) is 4.04. The summed E-state index contributed by atoms with van der Waals surface area (Å²) in [7, 11) is 3.57. The molecule has 1 N–H and O–H groups in total. The molecule has 29 heavy (non-hydrogen) atoms. The van der Waals surface area contributed by atoms with Crippen LogP contribution in [0.2, 0.25) is 0 Å². The molecule has 152 valence electrons. The molecule has 4 rings (SSSR count). The highest BCUT2D eigenvalue weighted by molar-refractivity contribution is 5.97. The minimum atomic E-state index is -0.00223. The molecule has 0 bridgehead atoms. The van der Waals surface area contributed by atoms with Crippen LogP contribution < -0.4 is 5.32 Å². The SMILES string of the molecule is CCCc1ccc(Nc2ncc3cc(C(=O)N(C)C)n(C4CCCC4)c3n2)nc1. The molecule has 1 aliphatic rings. The summed E-state index contributed by atoms with van der Waals surface area (Å²) in [6.45, 7) is 2.16. The Bertz CT molecular complexity index is 1000. The van der Waals surface area contributed by atoms with Gasteiger partial charge in [-0.05, 0) is 37.0 Å². The van der Waals surface area contributed by atoms with Crippen LogP contribution in [0.3, 0.4) is 0 Å². The van der Waals surface area contributed by atoms with Gasteiger partial charge in [0.2, 0.25) is 5.95 Å². The molecule has 0 saturated heterocycles. The topological polar surface area (TPSA) is 75.9 Å². The van der Waals surface area contributed by atoms with Crippen molar-refractivity contribution >= 4 is 28.7 Å². The van der Waals surface area contributed by atoms with Crippen LogP contribution in [-0.2, 0) is 6.42 Å². The summed E-state index contributed by atoms with van der Waals surface area (Å²) in [5.41, 5.74) is 2.71. The lowest BCUT2D eigenvalue weighted by Crippen LogP contribution is -2.25. The highest BCUT2D eigenvalue weighted by Gasteiger charge is 2.26. The minimum Gasteiger partial charge on any atom is -0.343 e. The zero-order chi connectivity index (χ0) is 20.4. The summed E-state index contributed by atoms with van der Waals surface area (Å²) in [5.74, 6) is 1.21. The average molecular weight is 393 g/mol. The first-order valence-corrected chi connectivity index (χ1v) is 10.4. The third kappa shape index (κ3) is 3.95. The van der Waals surface area contributed by atoms with Crippen LogP contribution in [0.1, 0.15) is 61.1 Å². The number of carbonyl (C=O) groups excluding carboxylic acids is 1. The molecule has 0 aliphatic heterocycles. The molecule has 1 amide bonds. The maximum Gasteiger partial charge on any atom is 0.270 e. The van der Waals surface area contributed by atoms with Crippen molar-refractivity contribution in [2.45, 2.75) is 51.5 Å². The number of hydrogen-bond donors (Lipinski definition) is 1. The van der Waals surface area contributed by atoms with E-state index in [4.69, 9.17) is 4.98 Å². The molecule has 3 heterocycles. The second-order valence-corrected chi connectivity index (χ2v) is 7.94. The number of hydrogen-bond acceptors (Lipinski definition) is 5. The van der Waals surface area contributed by atoms with Crippen molar-refractivity contribution in [3.05, 3.63) is 41.9 Å². The Morgan fingerprint density at radius 3 is 2.66 bits per heavy atom. The van der Waals surface area contributed by atoms with Gasteiger partial charge in [0.1, 0.15) is 17.2 Å². The van der Waals surface area contributed by atoms with E-state index in [0.717, 1.165) is 36.7 Å². The number of aromatic nitrogens is 4. The van der Waals surface area contributed by atoms with E-state index in [1.807, 2.05) is 18.3 Å². The predicted octanol–water partition coefficient (Wildman–Crippen LogP) is 4.34. The molecule has 1 aliphatic carbocycles. The van der Waals surface area contributed by atoms with Crippen molar-refractivity contribution in [2.24, 2.45) is 0 Å². The summed E-state index contributed by atoms with van der Waals surface area (Å²) in [5, 5.41) is 4.09. The first-order chi connectivity index (χ1) is 14.1. The van der Waals surface area contributed by atoms with Gasteiger partial charge in [0.05, 0.1) is 0 Å². The Morgan fingerprint density at radius 1 is 1.21 bits per heavy atom. The van der Waals surface area contributed by atoms with Crippen molar-refractivity contribution in [1.82, 2.24) is 24.4 Å². The molecule has 0 radical (unpaired) electrons. The third-order valence-corrected chi connectivity index (χ3v) is 5.49. The quantitative estimate of drug-likeness (QED) is 0.675. The lowest BCUT2D eigenvalue weighted by Gasteiger charge is -2.19. The molecule has 7 heteroatoms. The first-order valence-electron chi connectivity index (χ1n) is 10.4. The molecule has 3 aromatic heterocycles.